The van der Waals surface area contributed by atoms with Gasteiger partial charge in [-0.15, -0.1) is 11.8 Å². The monoisotopic (exact) mass is 561 g/mol. The number of nitrogens with one attached hydrogen (secondary N) is 1. The van der Waals surface area contributed by atoms with Crippen LogP contribution in [0.2, 0.25) is 5.02 Å². The van der Waals surface area contributed by atoms with E-state index in [1.54, 1.807) is 43.1 Å². The molecule has 1 aliphatic rings. The lowest BCUT2D eigenvalue weighted by molar-refractivity contribution is -0.143. The molecule has 38 heavy (non-hydrogen) atoms. The maximum absolute atomic E-state index is 13.4. The van der Waals surface area contributed by atoms with Gasteiger partial charge in [-0.3, -0.25) is 15.0 Å². The molecule has 0 radical (unpaired) electrons. The minimum absolute atomic E-state index is 0.228. The number of carbonyl (C=O) groups is 1. The van der Waals surface area contributed by atoms with Gasteiger partial charge in [-0.05, 0) is 93.9 Å². The van der Waals surface area contributed by atoms with Gasteiger partial charge in [0, 0.05) is 22.0 Å². The van der Waals surface area contributed by atoms with Crippen molar-refractivity contribution in [2.24, 2.45) is 5.41 Å². The Morgan fingerprint density at radius 3 is 2.79 bits per heavy atom. The molecule has 3 N–H and O–H groups in total. The molecule has 0 unspecified atom stereocenters. The standard InChI is InChI=1S/C28H33ClFN3O4S/c1-37-20-6-7-24-22(17-20)26(23(29)18-31-24)25(34)8-9-28(27(35)32-36)10-13-33(14-11-28)12-3-15-38-21-5-2-4-19(30)16-21/h2,4-7,16-18,25,34,36H,3,8-15H2,1H3,(H,32,35)/t25-/m1/s1. The summed E-state index contributed by atoms with van der Waals surface area (Å²) in [6.07, 6.45) is 3.39. The Morgan fingerprint density at radius 1 is 1.29 bits per heavy atom. The molecule has 204 valence electrons. The zero-order valence-electron chi connectivity index (χ0n) is 21.3. The van der Waals surface area contributed by atoms with Crippen LogP contribution in [-0.4, -0.2) is 58.6 Å². The summed E-state index contributed by atoms with van der Waals surface area (Å²) in [7, 11) is 1.57. The Kier molecular flexibility index (Phi) is 9.84. The number of likely N-dealkylation sites (tertiary alicyclic amines) is 1. The molecule has 4 rings (SSSR count). The van der Waals surface area contributed by atoms with Crippen molar-refractivity contribution in [2.45, 2.75) is 43.1 Å². The molecular formula is C28H33ClFN3O4S. The van der Waals surface area contributed by atoms with Crippen LogP contribution < -0.4 is 10.2 Å². The second-order valence-electron chi connectivity index (χ2n) is 9.68. The van der Waals surface area contributed by atoms with E-state index in [-0.39, 0.29) is 5.82 Å². The molecule has 1 aromatic heterocycles. The van der Waals surface area contributed by atoms with E-state index in [0.717, 1.165) is 23.6 Å². The van der Waals surface area contributed by atoms with Gasteiger partial charge in [0.15, 0.2) is 0 Å². The molecule has 0 saturated carbocycles. The van der Waals surface area contributed by atoms with Crippen molar-refractivity contribution >= 4 is 40.2 Å². The summed E-state index contributed by atoms with van der Waals surface area (Å²) >= 11 is 8.09. The lowest BCUT2D eigenvalue weighted by Gasteiger charge is -2.40. The number of piperidine rings is 1. The Bertz CT molecular complexity index is 1260. The Balaban J connectivity index is 1.35. The van der Waals surface area contributed by atoms with Crippen LogP contribution in [0, 0.1) is 11.2 Å². The third-order valence-corrected chi connectivity index (χ3v) is 8.76. The number of hydrogen-bond donors (Lipinski definition) is 3. The number of thioether (sulfide) groups is 1. The van der Waals surface area contributed by atoms with Crippen LogP contribution in [0.3, 0.4) is 0 Å². The van der Waals surface area contributed by atoms with Gasteiger partial charge in [0.2, 0.25) is 5.91 Å². The first-order chi connectivity index (χ1) is 18.3. The summed E-state index contributed by atoms with van der Waals surface area (Å²) in [5.74, 6) is 0.861. The number of amides is 1. The maximum atomic E-state index is 13.4. The van der Waals surface area contributed by atoms with Crippen molar-refractivity contribution in [3.05, 3.63) is 65.1 Å². The fourth-order valence-electron chi connectivity index (χ4n) is 5.14. The molecule has 1 fully saturated rings. The number of pyridine rings is 1. The third-order valence-electron chi connectivity index (χ3n) is 7.38. The predicted octanol–water partition coefficient (Wildman–Crippen LogP) is 5.62. The molecule has 2 heterocycles. The Hall–Kier alpha value is -2.43. The fourth-order valence-corrected chi connectivity index (χ4v) is 6.30. The normalized spacial score (nSPS) is 16.3. The molecular weight excluding hydrogens is 529 g/mol. The smallest absolute Gasteiger partial charge is 0.249 e. The van der Waals surface area contributed by atoms with Crippen LogP contribution in [-0.2, 0) is 4.79 Å². The molecule has 1 saturated heterocycles. The van der Waals surface area contributed by atoms with Crippen molar-refractivity contribution in [2.75, 3.05) is 32.5 Å². The number of carbonyl (C=O) groups excluding carboxylic acids is 1. The fraction of sp³-hybridized carbons (Fsp3) is 0.429. The summed E-state index contributed by atoms with van der Waals surface area (Å²) < 4.78 is 18.7. The van der Waals surface area contributed by atoms with Gasteiger partial charge >= 0.3 is 0 Å². The lowest BCUT2D eigenvalue weighted by atomic mass is 9.73. The zero-order valence-corrected chi connectivity index (χ0v) is 22.9. The number of fused-ring (bicyclic) bond motifs is 1. The largest absolute Gasteiger partial charge is 0.497 e. The second-order valence-corrected chi connectivity index (χ2v) is 11.3. The van der Waals surface area contributed by atoms with Crippen LogP contribution in [0.25, 0.3) is 10.9 Å². The van der Waals surface area contributed by atoms with E-state index in [2.05, 4.69) is 9.88 Å². The second kappa shape index (κ2) is 13.1. The number of aromatic nitrogens is 1. The third kappa shape index (κ3) is 6.76. The van der Waals surface area contributed by atoms with Crippen molar-refractivity contribution in [1.82, 2.24) is 15.4 Å². The van der Waals surface area contributed by atoms with Gasteiger partial charge in [-0.2, -0.15) is 0 Å². The number of benzene rings is 2. The van der Waals surface area contributed by atoms with Gasteiger partial charge < -0.3 is 14.7 Å². The van der Waals surface area contributed by atoms with Crippen molar-refractivity contribution in [3.8, 4) is 5.75 Å². The number of aliphatic hydroxyl groups is 1. The quantitative estimate of drug-likeness (QED) is 0.121. The Labute approximate surface area is 231 Å². The average Bonchev–Trinajstić information content (AvgIpc) is 2.94. The molecule has 0 aliphatic carbocycles. The summed E-state index contributed by atoms with van der Waals surface area (Å²) in [6, 6.07) is 12.0. The average molecular weight is 562 g/mol. The molecule has 1 atom stereocenters. The van der Waals surface area contributed by atoms with Gasteiger partial charge in [0.1, 0.15) is 11.6 Å². The number of halogens is 2. The Morgan fingerprint density at radius 2 is 2.08 bits per heavy atom. The number of methoxy groups -OCH3 is 1. The topological polar surface area (TPSA) is 94.9 Å². The van der Waals surface area contributed by atoms with Gasteiger partial charge in [0.05, 0.1) is 29.2 Å². The predicted molar refractivity (Wildman–Crippen MR) is 147 cm³/mol. The first-order valence-corrected chi connectivity index (χ1v) is 14.1. The van der Waals surface area contributed by atoms with Crippen molar-refractivity contribution in [1.29, 1.82) is 0 Å². The number of ether oxygens (including phenoxy) is 1. The summed E-state index contributed by atoms with van der Waals surface area (Å²) in [5.41, 5.74) is 2.33. The van der Waals surface area contributed by atoms with Crippen molar-refractivity contribution in [3.63, 3.8) is 0 Å². The number of rotatable bonds is 11. The maximum Gasteiger partial charge on any atom is 0.249 e. The number of hydrogen-bond acceptors (Lipinski definition) is 7. The zero-order chi connectivity index (χ0) is 27.1. The number of aliphatic hydroxyl groups excluding tert-OH is 1. The van der Waals surface area contributed by atoms with E-state index in [1.165, 1.54) is 12.3 Å². The van der Waals surface area contributed by atoms with Crippen LogP contribution in [0.15, 0.2) is 53.6 Å². The van der Waals surface area contributed by atoms with E-state index in [1.807, 2.05) is 17.6 Å². The van der Waals surface area contributed by atoms with Gasteiger partial charge in [-0.25, -0.2) is 9.87 Å². The van der Waals surface area contributed by atoms with Crippen LogP contribution in [0.5, 0.6) is 5.75 Å². The SMILES string of the molecule is COc1ccc2ncc(Cl)c([C@H](O)CCC3(C(=O)NO)CCN(CCCSc4cccc(F)c4)CC3)c2c1. The highest BCUT2D eigenvalue weighted by Gasteiger charge is 2.41. The molecule has 2 aromatic carbocycles. The number of hydroxylamine groups is 1. The van der Waals surface area contributed by atoms with Crippen LogP contribution in [0.1, 0.15) is 43.8 Å². The van der Waals surface area contributed by atoms with Gasteiger partial charge in [-0.1, -0.05) is 17.7 Å². The highest BCUT2D eigenvalue weighted by molar-refractivity contribution is 7.99. The number of nitrogens with zero attached hydrogens (tertiary/aromatic N) is 2. The summed E-state index contributed by atoms with van der Waals surface area (Å²) in [6.45, 7) is 2.30. The van der Waals surface area contributed by atoms with E-state index in [0.29, 0.717) is 66.0 Å². The first-order valence-electron chi connectivity index (χ1n) is 12.7. The van der Waals surface area contributed by atoms with Crippen molar-refractivity contribution < 1.29 is 24.2 Å². The molecule has 1 amide bonds. The van der Waals surface area contributed by atoms with Crippen LogP contribution >= 0.6 is 23.4 Å². The molecule has 0 spiro atoms. The molecule has 10 heteroatoms. The van der Waals surface area contributed by atoms with E-state index >= 15 is 0 Å². The lowest BCUT2D eigenvalue weighted by Crippen LogP contribution is -2.48. The molecule has 3 aromatic rings. The molecule has 0 bridgehead atoms. The molecule has 7 nitrogen and oxygen atoms in total. The molecule has 1 aliphatic heterocycles. The highest BCUT2D eigenvalue weighted by Crippen LogP contribution is 2.41. The minimum Gasteiger partial charge on any atom is -0.497 e. The van der Waals surface area contributed by atoms with E-state index in [9.17, 15) is 19.5 Å². The van der Waals surface area contributed by atoms with E-state index < -0.39 is 17.4 Å². The minimum atomic E-state index is -0.915. The van der Waals surface area contributed by atoms with E-state index in [4.69, 9.17) is 16.3 Å². The van der Waals surface area contributed by atoms with Crippen LogP contribution in [0.4, 0.5) is 4.39 Å². The van der Waals surface area contributed by atoms with Gasteiger partial charge in [0.25, 0.3) is 0 Å². The summed E-state index contributed by atoms with van der Waals surface area (Å²) in [5, 5.41) is 21.7. The summed E-state index contributed by atoms with van der Waals surface area (Å²) in [4.78, 5) is 20.4. The highest BCUT2D eigenvalue weighted by atomic mass is 35.5. The first kappa shape index (κ1) is 28.6.